The van der Waals surface area contributed by atoms with Crippen molar-refractivity contribution in [2.75, 3.05) is 45.4 Å². The van der Waals surface area contributed by atoms with Crippen LogP contribution in [0.1, 0.15) is 0 Å². The minimum absolute atomic E-state index is 0.0249. The quantitative estimate of drug-likeness (QED) is 0.108. The summed E-state index contributed by atoms with van der Waals surface area (Å²) in [6.45, 7) is -0.125. The van der Waals surface area contributed by atoms with Gasteiger partial charge in [0.2, 0.25) is 0 Å². The maximum atomic E-state index is 11.6. The second-order valence-corrected chi connectivity index (χ2v) is 10.7. The van der Waals surface area contributed by atoms with E-state index in [1.807, 2.05) is 0 Å². The molecule has 0 aliphatic rings. The Labute approximate surface area is 217 Å². The third-order valence-electron chi connectivity index (χ3n) is 5.26. The molecule has 2 N–H and O–H groups in total. The molecule has 3 rings (SSSR count). The number of phosphoric ester groups is 2. The van der Waals surface area contributed by atoms with Crippen molar-refractivity contribution in [1.29, 1.82) is 0 Å². The van der Waals surface area contributed by atoms with Gasteiger partial charge in [-0.1, -0.05) is 18.2 Å². The summed E-state index contributed by atoms with van der Waals surface area (Å²) in [4.78, 5) is 31.4. The molecule has 204 valence electrons. The van der Waals surface area contributed by atoms with Crippen LogP contribution in [0.15, 0.2) is 70.9 Å². The Hall–Kier alpha value is -3.06. The van der Waals surface area contributed by atoms with Crippen LogP contribution in [0.5, 0.6) is 0 Å². The van der Waals surface area contributed by atoms with E-state index in [1.165, 1.54) is 12.1 Å². The maximum absolute atomic E-state index is 11.6. The van der Waals surface area contributed by atoms with Gasteiger partial charge in [-0.15, -0.1) is 5.11 Å². The number of nitrogens with zero attached hydrogens (tertiary/aromatic N) is 4. The van der Waals surface area contributed by atoms with Crippen LogP contribution in [0.25, 0.3) is 10.8 Å². The van der Waals surface area contributed by atoms with Crippen molar-refractivity contribution in [3.8, 4) is 0 Å². The van der Waals surface area contributed by atoms with E-state index >= 15 is 0 Å². The molecule has 0 radical (unpaired) electrons. The SMILES string of the molecule is COP(=O)(O)OCCN(CCOP(=O)(O)OC)c1ccc(N=Nc2ccc([N+](=O)[O-])c3ccccc23)cc1. The fourth-order valence-corrected chi connectivity index (χ4v) is 4.20. The lowest BCUT2D eigenvalue weighted by molar-refractivity contribution is -0.383. The van der Waals surface area contributed by atoms with E-state index in [0.717, 1.165) is 14.2 Å². The Morgan fingerprint density at radius 3 is 1.92 bits per heavy atom. The normalized spacial score (nSPS) is 14.8. The fraction of sp³-hybridized carbons (Fsp3) is 0.273. The molecule has 0 saturated carbocycles. The average molecular weight is 568 g/mol. The summed E-state index contributed by atoms with van der Waals surface area (Å²) >= 11 is 0. The average Bonchev–Trinajstić information content (AvgIpc) is 2.91. The Morgan fingerprint density at radius 1 is 0.842 bits per heavy atom. The predicted molar refractivity (Wildman–Crippen MR) is 139 cm³/mol. The number of nitro benzene ring substituents is 1. The summed E-state index contributed by atoms with van der Waals surface area (Å²) in [7, 11) is -6.27. The Morgan fingerprint density at radius 2 is 1.39 bits per heavy atom. The molecule has 0 aromatic heterocycles. The van der Waals surface area contributed by atoms with Crippen LogP contribution in [-0.4, -0.2) is 55.2 Å². The van der Waals surface area contributed by atoms with E-state index in [9.17, 15) is 29.0 Å². The highest BCUT2D eigenvalue weighted by Crippen LogP contribution is 2.42. The monoisotopic (exact) mass is 568 g/mol. The van der Waals surface area contributed by atoms with E-state index in [-0.39, 0.29) is 32.0 Å². The molecule has 16 heteroatoms. The van der Waals surface area contributed by atoms with Crippen LogP contribution in [0.3, 0.4) is 0 Å². The number of non-ortho nitro benzene ring substituents is 1. The number of hydrogen-bond acceptors (Lipinski definition) is 11. The molecule has 0 heterocycles. The van der Waals surface area contributed by atoms with Crippen LogP contribution in [0.2, 0.25) is 0 Å². The topological polar surface area (TPSA) is 183 Å². The van der Waals surface area contributed by atoms with Gasteiger partial charge in [-0.25, -0.2) is 9.13 Å². The molecule has 3 aromatic carbocycles. The zero-order valence-electron chi connectivity index (χ0n) is 20.4. The van der Waals surface area contributed by atoms with Crippen molar-refractivity contribution < 1.29 is 41.9 Å². The van der Waals surface area contributed by atoms with E-state index in [2.05, 4.69) is 19.3 Å². The van der Waals surface area contributed by atoms with E-state index < -0.39 is 20.6 Å². The first-order valence-corrected chi connectivity index (χ1v) is 14.0. The molecule has 38 heavy (non-hydrogen) atoms. The summed E-state index contributed by atoms with van der Waals surface area (Å²) < 4.78 is 41.7. The predicted octanol–water partition coefficient (Wildman–Crippen LogP) is 5.50. The van der Waals surface area contributed by atoms with Crippen LogP contribution in [0, 0.1) is 10.1 Å². The third-order valence-corrected chi connectivity index (χ3v) is 7.20. The van der Waals surface area contributed by atoms with Gasteiger partial charge < -0.3 is 14.7 Å². The number of rotatable bonds is 14. The smallest absolute Gasteiger partial charge is 0.367 e. The molecular weight excluding hydrogens is 542 g/mol. The van der Waals surface area contributed by atoms with Crippen LogP contribution in [-0.2, 0) is 27.2 Å². The molecule has 3 aromatic rings. The first-order valence-electron chi connectivity index (χ1n) is 11.0. The van der Waals surface area contributed by atoms with Gasteiger partial charge in [-0.2, -0.15) is 5.11 Å². The molecule has 0 spiro atoms. The summed E-state index contributed by atoms with van der Waals surface area (Å²) in [6.07, 6.45) is 0. The van der Waals surface area contributed by atoms with Gasteiger partial charge in [0, 0.05) is 44.4 Å². The van der Waals surface area contributed by atoms with Crippen LogP contribution < -0.4 is 4.90 Å². The molecule has 0 amide bonds. The van der Waals surface area contributed by atoms with E-state index in [1.54, 1.807) is 53.4 Å². The highest BCUT2D eigenvalue weighted by molar-refractivity contribution is 7.47. The minimum atomic E-state index is -4.18. The molecule has 0 aliphatic carbocycles. The van der Waals surface area contributed by atoms with Crippen molar-refractivity contribution in [3.05, 3.63) is 70.8 Å². The third kappa shape index (κ3) is 8.22. The van der Waals surface area contributed by atoms with Crippen molar-refractivity contribution in [3.63, 3.8) is 0 Å². The molecule has 2 unspecified atom stereocenters. The fourth-order valence-electron chi connectivity index (χ4n) is 3.36. The van der Waals surface area contributed by atoms with Crippen molar-refractivity contribution in [2.24, 2.45) is 10.2 Å². The molecule has 2 atom stereocenters. The van der Waals surface area contributed by atoms with Gasteiger partial charge in [0.1, 0.15) is 0 Å². The number of hydrogen-bond donors (Lipinski definition) is 2. The van der Waals surface area contributed by atoms with Crippen LogP contribution in [0.4, 0.5) is 22.7 Å². The molecule has 0 fully saturated rings. The Balaban J connectivity index is 1.76. The standard InChI is InChI=1S/C22H26N4O10P2/c1-33-37(29,30)35-15-13-25(14-16-36-38(31,32)34-2)18-9-7-17(8-10-18)23-24-21-11-12-22(26(27)28)20-6-4-3-5-19(20)21/h3-12H,13-16H2,1-2H3,(H,29,30)(H,31,32). The minimum Gasteiger partial charge on any atom is -0.367 e. The van der Waals surface area contributed by atoms with Gasteiger partial charge >= 0.3 is 15.6 Å². The summed E-state index contributed by atoms with van der Waals surface area (Å²) in [5.41, 5.74) is 1.56. The number of nitro groups is 1. The van der Waals surface area contributed by atoms with E-state index in [4.69, 9.17) is 9.05 Å². The molecular formula is C22H26N4O10P2. The number of phosphoric acid groups is 2. The summed E-state index contributed by atoms with van der Waals surface area (Å²) in [6, 6.07) is 16.5. The number of azo groups is 1. The van der Waals surface area contributed by atoms with Gasteiger partial charge in [0.15, 0.2) is 0 Å². The zero-order chi connectivity index (χ0) is 27.8. The molecule has 14 nitrogen and oxygen atoms in total. The van der Waals surface area contributed by atoms with Crippen molar-refractivity contribution >= 4 is 49.2 Å². The van der Waals surface area contributed by atoms with Crippen molar-refractivity contribution in [1.82, 2.24) is 0 Å². The second-order valence-electron chi connectivity index (χ2n) is 7.58. The molecule has 0 aliphatic heterocycles. The van der Waals surface area contributed by atoms with E-state index in [0.29, 0.717) is 27.8 Å². The largest absolute Gasteiger partial charge is 0.471 e. The van der Waals surface area contributed by atoms with Gasteiger partial charge in [-0.3, -0.25) is 28.2 Å². The summed E-state index contributed by atoms with van der Waals surface area (Å²) in [5, 5.41) is 20.8. The number of anilines is 1. The second kappa shape index (κ2) is 13.1. The lowest BCUT2D eigenvalue weighted by Gasteiger charge is -2.25. The molecule has 0 bridgehead atoms. The number of fused-ring (bicyclic) bond motifs is 1. The molecule has 0 saturated heterocycles. The lowest BCUT2D eigenvalue weighted by Crippen LogP contribution is -2.30. The van der Waals surface area contributed by atoms with Crippen molar-refractivity contribution in [2.45, 2.75) is 0 Å². The Kier molecular flexibility index (Phi) is 10.2. The first kappa shape index (κ1) is 29.5. The maximum Gasteiger partial charge on any atom is 0.471 e. The van der Waals surface area contributed by atoms with Gasteiger partial charge in [-0.05, 0) is 36.4 Å². The highest BCUT2D eigenvalue weighted by atomic mass is 31.2. The van der Waals surface area contributed by atoms with Crippen LogP contribution >= 0.6 is 15.6 Å². The highest BCUT2D eigenvalue weighted by Gasteiger charge is 2.21. The number of benzene rings is 3. The lowest BCUT2D eigenvalue weighted by atomic mass is 10.1. The summed E-state index contributed by atoms with van der Waals surface area (Å²) in [5.74, 6) is 0. The van der Waals surface area contributed by atoms with Gasteiger partial charge in [0.25, 0.3) is 5.69 Å². The zero-order valence-corrected chi connectivity index (χ0v) is 22.2. The Bertz CT molecular complexity index is 1360. The van der Waals surface area contributed by atoms with Gasteiger partial charge in [0.05, 0.1) is 34.9 Å². The first-order chi connectivity index (χ1) is 18.0.